The van der Waals surface area contributed by atoms with Gasteiger partial charge >= 0.3 is 0 Å². The molecule has 1 N–H and O–H groups in total. The smallest absolute Gasteiger partial charge is 0.257 e. The van der Waals surface area contributed by atoms with Crippen molar-refractivity contribution in [2.75, 3.05) is 7.05 Å². The highest BCUT2D eigenvalue weighted by atomic mass is 79.9. The van der Waals surface area contributed by atoms with E-state index >= 15 is 0 Å². The van der Waals surface area contributed by atoms with Gasteiger partial charge in [-0.3, -0.25) is 4.79 Å². The van der Waals surface area contributed by atoms with Gasteiger partial charge in [-0.15, -0.1) is 0 Å². The third-order valence-electron chi connectivity index (χ3n) is 5.22. The molecule has 0 radical (unpaired) electrons. The molecule has 4 rings (SSSR count). The van der Waals surface area contributed by atoms with E-state index in [4.69, 9.17) is 0 Å². The summed E-state index contributed by atoms with van der Waals surface area (Å²) in [7, 11) is 1.92. The highest BCUT2D eigenvalue weighted by Crippen LogP contribution is 2.29. The molecule has 2 aliphatic heterocycles. The Hall–Kier alpha value is -1.66. The number of aromatic nitrogens is 2. The van der Waals surface area contributed by atoms with Crippen molar-refractivity contribution >= 4 is 21.8 Å². The zero-order valence-electron chi connectivity index (χ0n) is 13.7. The molecule has 2 atom stereocenters. The van der Waals surface area contributed by atoms with E-state index in [2.05, 4.69) is 26.3 Å². The number of piperidine rings is 1. The number of rotatable bonds is 3. The van der Waals surface area contributed by atoms with E-state index in [1.54, 1.807) is 10.9 Å². The summed E-state index contributed by atoms with van der Waals surface area (Å²) in [6.07, 6.45) is 8.07. The Balaban J connectivity index is 1.50. The molecule has 1 amide bonds. The zero-order valence-corrected chi connectivity index (χ0v) is 15.2. The van der Waals surface area contributed by atoms with Crippen molar-refractivity contribution in [3.8, 4) is 5.69 Å². The van der Waals surface area contributed by atoms with Gasteiger partial charge in [0.1, 0.15) is 0 Å². The Morgan fingerprint density at radius 2 is 2.08 bits per heavy atom. The van der Waals surface area contributed by atoms with Gasteiger partial charge in [0, 0.05) is 35.8 Å². The molecular weight excluding hydrogens is 368 g/mol. The van der Waals surface area contributed by atoms with Gasteiger partial charge in [-0.05, 0) is 43.9 Å². The minimum absolute atomic E-state index is 0.0579. The first kappa shape index (κ1) is 15.8. The molecule has 3 heterocycles. The standard InChI is InChI=1S/C18H21BrN4O/c1-22(17-8-14-5-6-15(9-17)21-14)18(24)12-10-20-23(11-12)16-4-2-3-13(19)7-16/h2-4,7,10-11,14-15,17,21H,5-6,8-9H2,1H3. The fraction of sp³-hybridized carbons (Fsp3) is 0.444. The van der Waals surface area contributed by atoms with Gasteiger partial charge < -0.3 is 10.2 Å². The van der Waals surface area contributed by atoms with Crippen LogP contribution in [0.4, 0.5) is 0 Å². The van der Waals surface area contributed by atoms with Crippen molar-refractivity contribution in [3.63, 3.8) is 0 Å². The van der Waals surface area contributed by atoms with Crippen molar-refractivity contribution in [1.82, 2.24) is 20.0 Å². The molecule has 0 aliphatic carbocycles. The number of carbonyl (C=O) groups is 1. The number of hydrogen-bond donors (Lipinski definition) is 1. The summed E-state index contributed by atoms with van der Waals surface area (Å²) in [5.41, 5.74) is 1.58. The fourth-order valence-electron chi connectivity index (χ4n) is 3.91. The van der Waals surface area contributed by atoms with Gasteiger partial charge in [0.15, 0.2) is 0 Å². The molecule has 2 bridgehead atoms. The van der Waals surface area contributed by atoms with Crippen LogP contribution in [0.1, 0.15) is 36.0 Å². The summed E-state index contributed by atoms with van der Waals surface area (Å²) < 4.78 is 2.74. The highest BCUT2D eigenvalue weighted by molar-refractivity contribution is 9.10. The van der Waals surface area contributed by atoms with E-state index < -0.39 is 0 Å². The van der Waals surface area contributed by atoms with Crippen LogP contribution in [0.5, 0.6) is 0 Å². The number of nitrogens with one attached hydrogen (secondary N) is 1. The maximum Gasteiger partial charge on any atom is 0.257 e. The lowest BCUT2D eigenvalue weighted by atomic mass is 9.98. The molecule has 2 aliphatic rings. The second-order valence-electron chi connectivity index (χ2n) is 6.83. The lowest BCUT2D eigenvalue weighted by Gasteiger charge is -2.35. The summed E-state index contributed by atoms with van der Waals surface area (Å²) in [6, 6.07) is 9.36. The summed E-state index contributed by atoms with van der Waals surface area (Å²) in [4.78, 5) is 14.7. The number of amides is 1. The van der Waals surface area contributed by atoms with Gasteiger partial charge in [-0.25, -0.2) is 4.68 Å². The number of benzene rings is 1. The molecule has 1 aromatic heterocycles. The second kappa shape index (κ2) is 6.33. The van der Waals surface area contributed by atoms with E-state index in [0.717, 1.165) is 23.0 Å². The third kappa shape index (κ3) is 3.00. The number of fused-ring (bicyclic) bond motifs is 2. The highest BCUT2D eigenvalue weighted by Gasteiger charge is 2.36. The first-order valence-corrected chi connectivity index (χ1v) is 9.23. The van der Waals surface area contributed by atoms with Gasteiger partial charge in [0.25, 0.3) is 5.91 Å². The molecule has 126 valence electrons. The summed E-state index contributed by atoms with van der Waals surface area (Å²) in [5, 5.41) is 7.98. The summed E-state index contributed by atoms with van der Waals surface area (Å²) in [5.74, 6) is 0.0579. The van der Waals surface area contributed by atoms with E-state index in [9.17, 15) is 4.79 Å². The maximum absolute atomic E-state index is 12.8. The molecule has 1 aromatic carbocycles. The third-order valence-corrected chi connectivity index (χ3v) is 5.71. The van der Waals surface area contributed by atoms with Gasteiger partial charge in [-0.1, -0.05) is 22.0 Å². The van der Waals surface area contributed by atoms with Crippen molar-refractivity contribution in [3.05, 3.63) is 46.7 Å². The number of carbonyl (C=O) groups excluding carboxylic acids is 1. The average molecular weight is 389 g/mol. The van der Waals surface area contributed by atoms with Crippen molar-refractivity contribution in [2.24, 2.45) is 0 Å². The summed E-state index contributed by atoms with van der Waals surface area (Å²) >= 11 is 3.47. The maximum atomic E-state index is 12.8. The normalized spacial score (nSPS) is 25.7. The second-order valence-corrected chi connectivity index (χ2v) is 7.75. The number of hydrogen-bond acceptors (Lipinski definition) is 3. The van der Waals surface area contributed by atoms with E-state index in [-0.39, 0.29) is 5.91 Å². The molecule has 2 saturated heterocycles. The van der Waals surface area contributed by atoms with Crippen LogP contribution in [0.25, 0.3) is 5.69 Å². The van der Waals surface area contributed by atoms with Gasteiger partial charge in [0.2, 0.25) is 0 Å². The van der Waals surface area contributed by atoms with Crippen LogP contribution in [0.3, 0.4) is 0 Å². The zero-order chi connectivity index (χ0) is 16.7. The largest absolute Gasteiger partial charge is 0.339 e. The van der Waals surface area contributed by atoms with Crippen LogP contribution in [0.15, 0.2) is 41.1 Å². The number of halogens is 1. The van der Waals surface area contributed by atoms with Gasteiger partial charge in [0.05, 0.1) is 17.4 Å². The Morgan fingerprint density at radius 3 is 2.79 bits per heavy atom. The van der Waals surface area contributed by atoms with Crippen LogP contribution in [0.2, 0.25) is 0 Å². The van der Waals surface area contributed by atoms with Crippen molar-refractivity contribution in [1.29, 1.82) is 0 Å². The Labute approximate surface area is 150 Å². The Bertz CT molecular complexity index is 747. The van der Waals surface area contributed by atoms with Crippen molar-refractivity contribution in [2.45, 2.75) is 43.8 Å². The topological polar surface area (TPSA) is 50.2 Å². The van der Waals surface area contributed by atoms with E-state index in [1.807, 2.05) is 42.4 Å². The molecule has 0 saturated carbocycles. The fourth-order valence-corrected chi connectivity index (χ4v) is 4.29. The molecule has 0 spiro atoms. The lowest BCUT2D eigenvalue weighted by molar-refractivity contribution is 0.0681. The van der Waals surface area contributed by atoms with E-state index in [0.29, 0.717) is 23.7 Å². The minimum atomic E-state index is 0.0579. The lowest BCUT2D eigenvalue weighted by Crippen LogP contribution is -2.48. The summed E-state index contributed by atoms with van der Waals surface area (Å²) in [6.45, 7) is 0. The van der Waals surface area contributed by atoms with Crippen LogP contribution < -0.4 is 5.32 Å². The SMILES string of the molecule is CN(C(=O)c1cnn(-c2cccc(Br)c2)c1)C1CC2CCC(C1)N2. The van der Waals surface area contributed by atoms with Crippen LogP contribution >= 0.6 is 15.9 Å². The predicted octanol–water partition coefficient (Wildman–Crippen LogP) is 2.99. The average Bonchev–Trinajstić information content (AvgIpc) is 3.20. The van der Waals surface area contributed by atoms with Crippen LogP contribution in [-0.4, -0.2) is 45.8 Å². The number of nitrogens with zero attached hydrogens (tertiary/aromatic N) is 3. The van der Waals surface area contributed by atoms with Crippen molar-refractivity contribution < 1.29 is 4.79 Å². The monoisotopic (exact) mass is 388 g/mol. The Morgan fingerprint density at radius 1 is 1.33 bits per heavy atom. The molecule has 2 unspecified atom stereocenters. The minimum Gasteiger partial charge on any atom is -0.339 e. The molecule has 6 heteroatoms. The van der Waals surface area contributed by atoms with Gasteiger partial charge in [-0.2, -0.15) is 5.10 Å². The molecule has 5 nitrogen and oxygen atoms in total. The first-order valence-electron chi connectivity index (χ1n) is 8.44. The molecule has 2 aromatic rings. The molecule has 24 heavy (non-hydrogen) atoms. The molecule has 2 fully saturated rings. The van der Waals surface area contributed by atoms with Crippen LogP contribution in [-0.2, 0) is 0 Å². The Kier molecular flexibility index (Phi) is 4.18. The van der Waals surface area contributed by atoms with Crippen LogP contribution in [0, 0.1) is 0 Å². The predicted molar refractivity (Wildman–Crippen MR) is 96.3 cm³/mol. The molecular formula is C18H21BrN4O. The van der Waals surface area contributed by atoms with E-state index in [1.165, 1.54) is 12.8 Å². The quantitative estimate of drug-likeness (QED) is 0.878. The first-order chi connectivity index (χ1) is 11.6.